The number of carbonyl (C=O) groups is 1. The Bertz CT molecular complexity index is 616. The summed E-state index contributed by atoms with van der Waals surface area (Å²) in [5, 5.41) is 4.67. The lowest BCUT2D eigenvalue weighted by atomic mass is 10.1. The predicted octanol–water partition coefficient (Wildman–Crippen LogP) is 3.31. The Kier molecular flexibility index (Phi) is 6.26. The normalized spacial score (nSPS) is 12.1. The first kappa shape index (κ1) is 16.8. The smallest absolute Gasteiger partial charge is 0.352 e. The van der Waals surface area contributed by atoms with Crippen molar-refractivity contribution in [2.45, 2.75) is 31.8 Å². The molecule has 0 aliphatic rings. The largest absolute Gasteiger partial charge is 0.461 e. The molecule has 0 aromatic carbocycles. The van der Waals surface area contributed by atoms with Crippen LogP contribution in [0.1, 0.15) is 36.4 Å². The molecule has 8 heteroatoms. The van der Waals surface area contributed by atoms with E-state index in [-0.39, 0.29) is 5.97 Å². The molecule has 6 nitrogen and oxygen atoms in total. The van der Waals surface area contributed by atoms with Gasteiger partial charge in [0, 0.05) is 18.0 Å². The third-order valence-corrected chi connectivity index (χ3v) is 4.58. The van der Waals surface area contributed by atoms with Gasteiger partial charge in [-0.25, -0.2) is 14.8 Å². The van der Waals surface area contributed by atoms with Gasteiger partial charge in [0.1, 0.15) is 5.69 Å². The minimum Gasteiger partial charge on any atom is -0.461 e. The van der Waals surface area contributed by atoms with E-state index in [0.29, 0.717) is 33.8 Å². The SMILES string of the molecule is CC[C@H](C)CCOC(=O)c1snnc1-c1cnc(SC)nc1. The topological polar surface area (TPSA) is 77.9 Å². The van der Waals surface area contributed by atoms with E-state index in [4.69, 9.17) is 4.74 Å². The molecule has 0 saturated carbocycles. The maximum atomic E-state index is 12.2. The van der Waals surface area contributed by atoms with E-state index in [9.17, 15) is 4.79 Å². The van der Waals surface area contributed by atoms with E-state index >= 15 is 0 Å². The van der Waals surface area contributed by atoms with Crippen molar-refractivity contribution in [1.82, 2.24) is 19.6 Å². The number of esters is 1. The minimum atomic E-state index is -0.387. The molecule has 0 radical (unpaired) electrons. The van der Waals surface area contributed by atoms with Gasteiger partial charge >= 0.3 is 5.97 Å². The second-order valence-corrected chi connectivity index (χ2v) is 6.37. The highest BCUT2D eigenvalue weighted by Gasteiger charge is 2.20. The second-order valence-electron chi connectivity index (χ2n) is 4.85. The monoisotopic (exact) mass is 338 g/mol. The van der Waals surface area contributed by atoms with E-state index in [1.807, 2.05) is 6.26 Å². The molecule has 22 heavy (non-hydrogen) atoms. The molecule has 118 valence electrons. The lowest BCUT2D eigenvalue weighted by molar-refractivity contribution is 0.0491. The number of hydrogen-bond donors (Lipinski definition) is 0. The Hall–Kier alpha value is -1.54. The van der Waals surface area contributed by atoms with Gasteiger partial charge in [0.05, 0.1) is 6.61 Å². The first-order chi connectivity index (χ1) is 10.7. The molecule has 2 rings (SSSR count). The summed E-state index contributed by atoms with van der Waals surface area (Å²) in [5.74, 6) is 0.154. The molecule has 2 aromatic heterocycles. The van der Waals surface area contributed by atoms with Crippen molar-refractivity contribution in [1.29, 1.82) is 0 Å². The van der Waals surface area contributed by atoms with Crippen LogP contribution >= 0.6 is 23.3 Å². The molecule has 0 amide bonds. The van der Waals surface area contributed by atoms with Gasteiger partial charge in [0.15, 0.2) is 10.0 Å². The van der Waals surface area contributed by atoms with Crippen molar-refractivity contribution in [3.8, 4) is 11.3 Å². The van der Waals surface area contributed by atoms with Crippen LogP contribution in [-0.2, 0) is 4.74 Å². The maximum absolute atomic E-state index is 12.2. The highest BCUT2D eigenvalue weighted by molar-refractivity contribution is 7.98. The fraction of sp³-hybridized carbons (Fsp3) is 0.500. The highest BCUT2D eigenvalue weighted by Crippen LogP contribution is 2.24. The summed E-state index contributed by atoms with van der Waals surface area (Å²) in [6.45, 7) is 4.67. The minimum absolute atomic E-state index is 0.387. The number of ether oxygens (including phenoxy) is 1. The van der Waals surface area contributed by atoms with Crippen LogP contribution in [0.15, 0.2) is 17.6 Å². The zero-order chi connectivity index (χ0) is 15.9. The van der Waals surface area contributed by atoms with E-state index in [1.54, 1.807) is 12.4 Å². The summed E-state index contributed by atoms with van der Waals surface area (Å²) in [5.41, 5.74) is 1.15. The zero-order valence-electron chi connectivity index (χ0n) is 12.8. The Balaban J connectivity index is 2.06. The average molecular weight is 338 g/mol. The molecular formula is C14H18N4O2S2. The molecule has 2 aromatic rings. The van der Waals surface area contributed by atoms with Crippen LogP contribution < -0.4 is 0 Å². The summed E-state index contributed by atoms with van der Waals surface area (Å²) in [6.07, 6.45) is 7.12. The van der Waals surface area contributed by atoms with Gasteiger partial charge in [0.2, 0.25) is 0 Å². The Morgan fingerprint density at radius 1 is 1.41 bits per heavy atom. The number of carbonyl (C=O) groups excluding carboxylic acids is 1. The lowest BCUT2D eigenvalue weighted by Crippen LogP contribution is -2.08. The molecule has 0 bridgehead atoms. The van der Waals surface area contributed by atoms with Crippen LogP contribution in [0.5, 0.6) is 0 Å². The quantitative estimate of drug-likeness (QED) is 0.435. The van der Waals surface area contributed by atoms with Crippen molar-refractivity contribution in [2.75, 3.05) is 12.9 Å². The first-order valence-electron chi connectivity index (χ1n) is 7.01. The van der Waals surface area contributed by atoms with Gasteiger partial charge in [-0.15, -0.1) is 5.10 Å². The molecule has 1 atom stereocenters. The van der Waals surface area contributed by atoms with Crippen LogP contribution in [0.3, 0.4) is 0 Å². The molecule has 0 aliphatic carbocycles. The van der Waals surface area contributed by atoms with Gasteiger partial charge in [-0.05, 0) is 30.1 Å². The van der Waals surface area contributed by atoms with Crippen LogP contribution in [0.25, 0.3) is 11.3 Å². The molecule has 0 saturated heterocycles. The lowest BCUT2D eigenvalue weighted by Gasteiger charge is -2.08. The zero-order valence-corrected chi connectivity index (χ0v) is 14.4. The summed E-state index contributed by atoms with van der Waals surface area (Å²) in [4.78, 5) is 20.9. The molecule has 2 heterocycles. The van der Waals surface area contributed by atoms with Gasteiger partial charge in [-0.1, -0.05) is 36.5 Å². The molecule has 0 unspecified atom stereocenters. The van der Waals surface area contributed by atoms with Crippen LogP contribution in [0, 0.1) is 5.92 Å². The molecule has 0 spiro atoms. The Labute approximate surface area is 137 Å². The molecule has 0 aliphatic heterocycles. The van der Waals surface area contributed by atoms with E-state index in [1.165, 1.54) is 11.8 Å². The number of hydrogen-bond acceptors (Lipinski definition) is 8. The van der Waals surface area contributed by atoms with Crippen molar-refractivity contribution < 1.29 is 9.53 Å². The van der Waals surface area contributed by atoms with Crippen LogP contribution in [0.2, 0.25) is 0 Å². The van der Waals surface area contributed by atoms with Crippen molar-refractivity contribution in [3.63, 3.8) is 0 Å². The summed E-state index contributed by atoms with van der Waals surface area (Å²) in [6, 6.07) is 0. The Morgan fingerprint density at radius 2 is 2.14 bits per heavy atom. The van der Waals surface area contributed by atoms with Crippen molar-refractivity contribution in [3.05, 3.63) is 17.3 Å². The number of nitrogens with zero attached hydrogens (tertiary/aromatic N) is 4. The van der Waals surface area contributed by atoms with Gasteiger partial charge in [-0.2, -0.15) is 0 Å². The Morgan fingerprint density at radius 3 is 2.77 bits per heavy atom. The standard InChI is InChI=1S/C14H18N4O2S2/c1-4-9(2)5-6-20-13(19)12-11(17-18-22-12)10-7-15-14(21-3)16-8-10/h7-9H,4-6H2,1-3H3/t9-/m0/s1. The first-order valence-corrected chi connectivity index (χ1v) is 9.01. The second kappa shape index (κ2) is 8.19. The summed E-state index contributed by atoms with van der Waals surface area (Å²) < 4.78 is 9.16. The number of rotatable bonds is 7. The molecule has 0 N–H and O–H groups in total. The van der Waals surface area contributed by atoms with Gasteiger partial charge in [0.25, 0.3) is 0 Å². The van der Waals surface area contributed by atoms with Crippen molar-refractivity contribution >= 4 is 29.3 Å². The molecular weight excluding hydrogens is 320 g/mol. The average Bonchev–Trinajstić information content (AvgIpc) is 3.04. The summed E-state index contributed by atoms with van der Waals surface area (Å²) >= 11 is 2.48. The van der Waals surface area contributed by atoms with Gasteiger partial charge in [-0.3, -0.25) is 0 Å². The fourth-order valence-corrected chi connectivity index (χ4v) is 2.58. The van der Waals surface area contributed by atoms with E-state index < -0.39 is 0 Å². The predicted molar refractivity (Wildman–Crippen MR) is 87.1 cm³/mol. The summed E-state index contributed by atoms with van der Waals surface area (Å²) in [7, 11) is 0. The van der Waals surface area contributed by atoms with Crippen LogP contribution in [-0.4, -0.2) is 38.4 Å². The van der Waals surface area contributed by atoms with Gasteiger partial charge < -0.3 is 4.74 Å². The third kappa shape index (κ3) is 4.23. The maximum Gasteiger partial charge on any atom is 0.352 e. The number of thioether (sulfide) groups is 1. The number of aromatic nitrogens is 4. The van der Waals surface area contributed by atoms with Crippen molar-refractivity contribution in [2.24, 2.45) is 5.92 Å². The third-order valence-electron chi connectivity index (χ3n) is 3.30. The highest BCUT2D eigenvalue weighted by atomic mass is 32.2. The molecule has 0 fully saturated rings. The van der Waals surface area contributed by atoms with Crippen LogP contribution in [0.4, 0.5) is 0 Å². The fourth-order valence-electron chi connectivity index (χ4n) is 1.68. The van der Waals surface area contributed by atoms with E-state index in [2.05, 4.69) is 33.4 Å². The van der Waals surface area contributed by atoms with E-state index in [0.717, 1.165) is 24.4 Å².